The van der Waals surface area contributed by atoms with Gasteiger partial charge in [-0.1, -0.05) is 0 Å². The second kappa shape index (κ2) is 6.00. The van der Waals surface area contributed by atoms with Gasteiger partial charge in [0.1, 0.15) is 6.54 Å². The molecular formula is C12H16N6O2S. The van der Waals surface area contributed by atoms with Gasteiger partial charge in [-0.05, 0) is 37.4 Å². The van der Waals surface area contributed by atoms with Gasteiger partial charge in [0.25, 0.3) is 5.91 Å². The molecule has 0 aromatic carbocycles. The van der Waals surface area contributed by atoms with E-state index in [1.165, 1.54) is 11.3 Å². The number of urea groups is 1. The van der Waals surface area contributed by atoms with Gasteiger partial charge in [0, 0.05) is 16.5 Å². The Morgan fingerprint density at radius 2 is 2.14 bits per heavy atom. The fourth-order valence-electron chi connectivity index (χ4n) is 1.48. The molecule has 21 heavy (non-hydrogen) atoms. The number of carbonyl (C=O) groups is 2. The van der Waals surface area contributed by atoms with E-state index in [0.717, 1.165) is 10.4 Å². The van der Waals surface area contributed by atoms with Crippen LogP contribution in [0, 0.1) is 0 Å². The maximum atomic E-state index is 11.7. The molecule has 3 amide bonds. The fourth-order valence-corrected chi connectivity index (χ4v) is 2.12. The number of carbonyl (C=O) groups excluding carboxylic acids is 2. The Labute approximate surface area is 125 Å². The van der Waals surface area contributed by atoms with Crippen LogP contribution in [-0.4, -0.2) is 37.7 Å². The molecule has 0 aliphatic rings. The van der Waals surface area contributed by atoms with E-state index in [4.69, 9.17) is 0 Å². The quantitative estimate of drug-likeness (QED) is 0.881. The van der Waals surface area contributed by atoms with Crippen molar-refractivity contribution in [3.8, 4) is 11.4 Å². The molecule has 0 radical (unpaired) electrons. The third-order valence-electron chi connectivity index (χ3n) is 2.26. The molecule has 8 nitrogen and oxygen atoms in total. The predicted molar refractivity (Wildman–Crippen MR) is 77.6 cm³/mol. The summed E-state index contributed by atoms with van der Waals surface area (Å²) < 4.78 is 0. The number of nitrogens with zero attached hydrogens (tertiary/aromatic N) is 4. The molecule has 0 fully saturated rings. The van der Waals surface area contributed by atoms with Crippen LogP contribution in [-0.2, 0) is 11.3 Å². The Morgan fingerprint density at radius 1 is 1.38 bits per heavy atom. The monoisotopic (exact) mass is 308 g/mol. The topological polar surface area (TPSA) is 102 Å². The summed E-state index contributed by atoms with van der Waals surface area (Å²) in [5, 5.41) is 20.4. The molecule has 0 unspecified atom stereocenters. The second-order valence-corrected chi connectivity index (χ2v) is 6.19. The molecule has 2 aromatic heterocycles. The molecule has 0 saturated carbocycles. The summed E-state index contributed by atoms with van der Waals surface area (Å²) in [6.07, 6.45) is 0. The molecule has 0 aliphatic heterocycles. The van der Waals surface area contributed by atoms with Gasteiger partial charge in [0.15, 0.2) is 0 Å². The Kier molecular flexibility index (Phi) is 4.32. The van der Waals surface area contributed by atoms with Crippen molar-refractivity contribution in [3.63, 3.8) is 0 Å². The molecule has 2 heterocycles. The fraction of sp³-hybridized carbons (Fsp3) is 0.417. The van der Waals surface area contributed by atoms with Crippen molar-refractivity contribution >= 4 is 23.3 Å². The van der Waals surface area contributed by atoms with Crippen molar-refractivity contribution in [2.24, 2.45) is 0 Å². The van der Waals surface area contributed by atoms with E-state index in [1.54, 1.807) is 0 Å². The summed E-state index contributed by atoms with van der Waals surface area (Å²) >= 11 is 1.52. The lowest BCUT2D eigenvalue weighted by Gasteiger charge is -2.20. The minimum absolute atomic E-state index is 0.172. The van der Waals surface area contributed by atoms with E-state index in [1.807, 2.05) is 37.6 Å². The van der Waals surface area contributed by atoms with Gasteiger partial charge >= 0.3 is 6.03 Å². The summed E-state index contributed by atoms with van der Waals surface area (Å²) in [5.74, 6) is -0.0609. The van der Waals surface area contributed by atoms with Gasteiger partial charge < -0.3 is 5.32 Å². The first kappa shape index (κ1) is 15.1. The van der Waals surface area contributed by atoms with Crippen LogP contribution in [0.25, 0.3) is 11.4 Å². The standard InChI is InChI=1S/C12H16N6O2S/c1-12(2,3)14-11(20)13-9(19)6-18-16-10(15-17-18)8-4-5-21-7-8/h4-5,7H,6H2,1-3H3,(H2,13,14,19,20). The highest BCUT2D eigenvalue weighted by Gasteiger charge is 2.16. The maximum absolute atomic E-state index is 11.7. The lowest BCUT2D eigenvalue weighted by Crippen LogP contribution is -2.49. The lowest BCUT2D eigenvalue weighted by atomic mass is 10.1. The molecule has 0 bridgehead atoms. The highest BCUT2D eigenvalue weighted by atomic mass is 32.1. The number of nitrogens with one attached hydrogen (secondary N) is 2. The van der Waals surface area contributed by atoms with Gasteiger partial charge in [-0.2, -0.15) is 16.1 Å². The first-order valence-electron chi connectivity index (χ1n) is 6.26. The maximum Gasteiger partial charge on any atom is 0.321 e. The normalized spacial score (nSPS) is 11.2. The van der Waals surface area contributed by atoms with Crippen molar-refractivity contribution in [2.75, 3.05) is 0 Å². The largest absolute Gasteiger partial charge is 0.333 e. The number of rotatable bonds is 3. The summed E-state index contributed by atoms with van der Waals surface area (Å²) in [4.78, 5) is 24.4. The number of amides is 3. The molecular weight excluding hydrogens is 292 g/mol. The van der Waals surface area contributed by atoms with Crippen molar-refractivity contribution in [2.45, 2.75) is 32.9 Å². The Balaban J connectivity index is 1.90. The summed E-state index contributed by atoms with van der Waals surface area (Å²) in [5.41, 5.74) is 0.430. The SMILES string of the molecule is CC(C)(C)NC(=O)NC(=O)Cn1nnc(-c2ccsc2)n1. The molecule has 0 spiro atoms. The van der Waals surface area contributed by atoms with Crippen molar-refractivity contribution in [1.82, 2.24) is 30.8 Å². The van der Waals surface area contributed by atoms with Crippen LogP contribution in [0.2, 0.25) is 0 Å². The van der Waals surface area contributed by atoms with Crippen LogP contribution in [0.1, 0.15) is 20.8 Å². The predicted octanol–water partition coefficient (Wildman–Crippen LogP) is 1.03. The summed E-state index contributed by atoms with van der Waals surface area (Å²) in [6, 6.07) is 1.31. The zero-order valence-corrected chi connectivity index (χ0v) is 12.8. The highest BCUT2D eigenvalue weighted by Crippen LogP contribution is 2.16. The van der Waals surface area contributed by atoms with Gasteiger partial charge in [0.05, 0.1) is 0 Å². The summed E-state index contributed by atoms with van der Waals surface area (Å²) in [7, 11) is 0. The minimum atomic E-state index is -0.550. The first-order chi connectivity index (χ1) is 9.83. The molecule has 112 valence electrons. The van der Waals surface area contributed by atoms with E-state index >= 15 is 0 Å². The lowest BCUT2D eigenvalue weighted by molar-refractivity contribution is -0.121. The number of thiophene rings is 1. The zero-order chi connectivity index (χ0) is 15.5. The van der Waals surface area contributed by atoms with Crippen molar-refractivity contribution < 1.29 is 9.59 Å². The average Bonchev–Trinajstić information content (AvgIpc) is 2.94. The van der Waals surface area contributed by atoms with E-state index in [9.17, 15) is 9.59 Å². The summed E-state index contributed by atoms with van der Waals surface area (Å²) in [6.45, 7) is 5.30. The second-order valence-electron chi connectivity index (χ2n) is 5.41. The van der Waals surface area contributed by atoms with Crippen LogP contribution in [0.5, 0.6) is 0 Å². The zero-order valence-electron chi connectivity index (χ0n) is 12.0. The van der Waals surface area contributed by atoms with Gasteiger partial charge in [-0.3, -0.25) is 10.1 Å². The highest BCUT2D eigenvalue weighted by molar-refractivity contribution is 7.08. The molecule has 0 aliphatic carbocycles. The van der Waals surface area contributed by atoms with E-state index < -0.39 is 17.5 Å². The average molecular weight is 308 g/mol. The Morgan fingerprint density at radius 3 is 2.76 bits per heavy atom. The number of tetrazole rings is 1. The number of hydrogen-bond donors (Lipinski definition) is 2. The van der Waals surface area contributed by atoms with E-state index in [2.05, 4.69) is 26.0 Å². The van der Waals surface area contributed by atoms with Gasteiger partial charge in [-0.25, -0.2) is 4.79 Å². The first-order valence-corrected chi connectivity index (χ1v) is 7.20. The van der Waals surface area contributed by atoms with Gasteiger partial charge in [0.2, 0.25) is 5.82 Å². The van der Waals surface area contributed by atoms with Crippen molar-refractivity contribution in [3.05, 3.63) is 16.8 Å². The molecule has 9 heteroatoms. The van der Waals surface area contributed by atoms with Crippen LogP contribution in [0.4, 0.5) is 4.79 Å². The smallest absolute Gasteiger partial charge is 0.321 e. The van der Waals surface area contributed by atoms with Crippen LogP contribution >= 0.6 is 11.3 Å². The number of aromatic nitrogens is 4. The number of hydrogen-bond acceptors (Lipinski definition) is 6. The van der Waals surface area contributed by atoms with Crippen molar-refractivity contribution in [1.29, 1.82) is 0 Å². The molecule has 2 aromatic rings. The molecule has 0 atom stereocenters. The third-order valence-corrected chi connectivity index (χ3v) is 2.94. The van der Waals surface area contributed by atoms with Crippen LogP contribution < -0.4 is 10.6 Å². The third kappa shape index (κ3) is 4.63. The minimum Gasteiger partial charge on any atom is -0.333 e. The molecule has 0 saturated heterocycles. The Hall–Kier alpha value is -2.29. The number of imide groups is 1. The Bertz CT molecular complexity index is 628. The van der Waals surface area contributed by atoms with Crippen LogP contribution in [0.15, 0.2) is 16.8 Å². The van der Waals surface area contributed by atoms with Gasteiger partial charge in [-0.15, -0.1) is 10.2 Å². The van der Waals surface area contributed by atoms with Crippen LogP contribution in [0.3, 0.4) is 0 Å². The van der Waals surface area contributed by atoms with E-state index in [0.29, 0.717) is 5.82 Å². The molecule has 2 N–H and O–H groups in total. The van der Waals surface area contributed by atoms with E-state index in [-0.39, 0.29) is 6.54 Å². The molecule has 2 rings (SSSR count).